The summed E-state index contributed by atoms with van der Waals surface area (Å²) in [5.41, 5.74) is 4.74. The molecule has 1 fully saturated rings. The van der Waals surface area contributed by atoms with Gasteiger partial charge in [-0.2, -0.15) is 0 Å². The number of pyridine rings is 1. The Morgan fingerprint density at radius 3 is 2.62 bits per heavy atom. The number of aromatic nitrogens is 2. The molecule has 0 amide bonds. The molecule has 12 heteroatoms. The minimum absolute atomic E-state index is 0.120. The molecule has 0 radical (unpaired) electrons. The van der Waals surface area contributed by atoms with Gasteiger partial charge in [-0.3, -0.25) is 15.0 Å². The van der Waals surface area contributed by atoms with Crippen LogP contribution in [0, 0.1) is 17.5 Å². The third-order valence-corrected chi connectivity index (χ3v) is 5.82. The maximum absolute atomic E-state index is 16.0. The van der Waals surface area contributed by atoms with Gasteiger partial charge in [-0.25, -0.2) is 18.0 Å². The van der Waals surface area contributed by atoms with Gasteiger partial charge in [0.25, 0.3) is 0 Å². The van der Waals surface area contributed by atoms with Crippen molar-refractivity contribution in [3.63, 3.8) is 0 Å². The Labute approximate surface area is 177 Å². The highest BCUT2D eigenvalue weighted by atomic mass is 19.1. The summed E-state index contributed by atoms with van der Waals surface area (Å²) in [6.45, 7) is 0.447. The quantitative estimate of drug-likeness (QED) is 0.239. The number of halogens is 3. The van der Waals surface area contributed by atoms with Crippen molar-refractivity contribution in [1.82, 2.24) is 9.38 Å². The van der Waals surface area contributed by atoms with Crippen LogP contribution in [0.4, 0.5) is 24.5 Å². The highest BCUT2D eigenvalue weighted by molar-refractivity contribution is 6.07. The van der Waals surface area contributed by atoms with Crippen LogP contribution in [0.5, 0.6) is 0 Å². The van der Waals surface area contributed by atoms with Gasteiger partial charge in [0.05, 0.1) is 21.9 Å². The van der Waals surface area contributed by atoms with E-state index in [0.29, 0.717) is 6.42 Å². The van der Waals surface area contributed by atoms with E-state index in [1.54, 1.807) is 0 Å². The van der Waals surface area contributed by atoms with E-state index in [4.69, 9.17) is 11.6 Å². The zero-order chi connectivity index (χ0) is 22.9. The first-order valence-electron chi connectivity index (χ1n) is 9.65. The molecule has 7 N–H and O–H groups in total. The molecule has 1 aliphatic rings. The zero-order valence-electron chi connectivity index (χ0n) is 16.4. The van der Waals surface area contributed by atoms with Gasteiger partial charge in [0, 0.05) is 19.1 Å². The Hall–Kier alpha value is -3.77. The summed E-state index contributed by atoms with van der Waals surface area (Å²) in [4.78, 5) is 29.2. The summed E-state index contributed by atoms with van der Waals surface area (Å²) in [5, 5.41) is 9.12. The van der Waals surface area contributed by atoms with Gasteiger partial charge < -0.3 is 26.1 Å². The molecule has 1 atom stereocenters. The van der Waals surface area contributed by atoms with E-state index in [9.17, 15) is 19.1 Å². The van der Waals surface area contributed by atoms with E-state index in [1.807, 2.05) is 0 Å². The van der Waals surface area contributed by atoms with E-state index in [-0.39, 0.29) is 35.8 Å². The number of aromatic amines is 1. The molecule has 3 heterocycles. The fourth-order valence-corrected chi connectivity index (χ4v) is 4.44. The number of anilines is 2. The number of nitrogens with one attached hydrogen (secondary N) is 2. The van der Waals surface area contributed by atoms with Crippen LogP contribution >= 0.6 is 0 Å². The lowest BCUT2D eigenvalue weighted by molar-refractivity contribution is 0.0697. The second-order valence-corrected chi connectivity index (χ2v) is 7.69. The summed E-state index contributed by atoms with van der Waals surface area (Å²) in [5.74, 6) is 1.03. The number of fused-ring (bicyclic) bond motifs is 5. The van der Waals surface area contributed by atoms with Gasteiger partial charge in [-0.05, 0) is 24.6 Å². The Bertz CT molecular complexity index is 1510. The van der Waals surface area contributed by atoms with Crippen LogP contribution < -0.4 is 27.3 Å². The van der Waals surface area contributed by atoms with Crippen LogP contribution in [0.2, 0.25) is 0 Å². The Kier molecular flexibility index (Phi) is 4.32. The monoisotopic (exact) mass is 446 g/mol. The van der Waals surface area contributed by atoms with Crippen LogP contribution in [0.1, 0.15) is 16.8 Å². The molecule has 0 bridgehead atoms. The van der Waals surface area contributed by atoms with Crippen molar-refractivity contribution in [2.24, 2.45) is 11.6 Å². The van der Waals surface area contributed by atoms with E-state index >= 15 is 8.78 Å². The van der Waals surface area contributed by atoms with Crippen molar-refractivity contribution in [2.45, 2.75) is 12.5 Å². The van der Waals surface area contributed by atoms with Gasteiger partial charge in [0.1, 0.15) is 28.4 Å². The van der Waals surface area contributed by atoms with Crippen molar-refractivity contribution >= 4 is 44.9 Å². The number of nitrogens with two attached hydrogens (primary N) is 2. The Balaban J connectivity index is 2.07. The molecular formula is C20H17F3N6O3. The number of carboxylic acids is 1. The molecule has 0 spiro atoms. The second-order valence-electron chi connectivity index (χ2n) is 7.69. The van der Waals surface area contributed by atoms with Gasteiger partial charge in [0.15, 0.2) is 11.6 Å². The molecule has 2 aromatic heterocycles. The smallest absolute Gasteiger partial charge is 0.343 e. The molecular weight excluding hydrogens is 429 g/mol. The lowest BCUT2D eigenvalue weighted by Crippen LogP contribution is -2.29. The number of nitrogens with zero attached hydrogens (tertiary/aromatic N) is 2. The predicted molar refractivity (Wildman–Crippen MR) is 112 cm³/mol. The van der Waals surface area contributed by atoms with Crippen LogP contribution in [-0.2, 0) is 0 Å². The van der Waals surface area contributed by atoms with Crippen LogP contribution in [0.3, 0.4) is 0 Å². The third-order valence-electron chi connectivity index (χ3n) is 5.82. The number of benzene rings is 2. The molecule has 5 rings (SSSR count). The minimum Gasteiger partial charge on any atom is -0.477 e. The maximum Gasteiger partial charge on any atom is 0.343 e. The van der Waals surface area contributed by atoms with Crippen molar-refractivity contribution in [3.05, 3.63) is 51.4 Å². The van der Waals surface area contributed by atoms with E-state index in [2.05, 4.69) is 10.4 Å². The molecule has 1 aliphatic heterocycles. The standard InChI is InChI=1S/C20H17F3N6O3/c21-7-1-2-10-9(5-7)26-19-12(20(31)32)18(30)11-15(27-25)13(22)17(14(23)16(11)29(10)19)28-4-3-8(24)6-28/h1-2,5,8,26-27H,3-4,6,24-25H2,(H,31,32). The number of rotatable bonds is 3. The van der Waals surface area contributed by atoms with E-state index in [0.717, 1.165) is 16.5 Å². The van der Waals surface area contributed by atoms with E-state index < -0.39 is 56.7 Å². The summed E-state index contributed by atoms with van der Waals surface area (Å²) >= 11 is 0. The molecule has 1 saturated heterocycles. The molecule has 1 unspecified atom stereocenters. The van der Waals surface area contributed by atoms with Crippen molar-refractivity contribution < 1.29 is 23.1 Å². The molecule has 0 saturated carbocycles. The van der Waals surface area contributed by atoms with Gasteiger partial charge in [-0.15, -0.1) is 0 Å². The summed E-state index contributed by atoms with van der Waals surface area (Å²) in [6, 6.07) is 3.18. The number of hydrazine groups is 1. The van der Waals surface area contributed by atoms with Gasteiger partial charge in [-0.1, -0.05) is 0 Å². The fraction of sp³-hybridized carbons (Fsp3) is 0.200. The number of hydrogen-bond acceptors (Lipinski definition) is 6. The summed E-state index contributed by atoms with van der Waals surface area (Å²) in [6.07, 6.45) is 0.502. The van der Waals surface area contributed by atoms with Crippen LogP contribution in [-0.4, -0.2) is 39.6 Å². The average molecular weight is 446 g/mol. The average Bonchev–Trinajstić information content (AvgIpc) is 3.31. The first-order chi connectivity index (χ1) is 15.2. The van der Waals surface area contributed by atoms with Crippen molar-refractivity contribution in [1.29, 1.82) is 0 Å². The molecule has 4 aromatic rings. The third kappa shape index (κ3) is 2.59. The first-order valence-corrected chi connectivity index (χ1v) is 9.65. The SMILES string of the molecule is NNc1c(F)c(N2CCC(N)C2)c(F)c2c1c(=O)c(C(=O)O)c1[nH]c3cc(F)ccc3n12. The largest absolute Gasteiger partial charge is 0.477 e. The number of imidazole rings is 1. The predicted octanol–water partition coefficient (Wildman–Crippen LogP) is 1.87. The number of aromatic carboxylic acids is 1. The van der Waals surface area contributed by atoms with Crippen molar-refractivity contribution in [2.75, 3.05) is 23.4 Å². The van der Waals surface area contributed by atoms with Gasteiger partial charge in [0.2, 0.25) is 5.43 Å². The number of H-pyrrole nitrogens is 1. The zero-order valence-corrected chi connectivity index (χ0v) is 16.4. The number of hydrogen-bond donors (Lipinski definition) is 5. The Morgan fingerprint density at radius 2 is 2.00 bits per heavy atom. The molecule has 166 valence electrons. The van der Waals surface area contributed by atoms with E-state index in [1.165, 1.54) is 11.0 Å². The lowest BCUT2D eigenvalue weighted by atomic mass is 10.1. The lowest BCUT2D eigenvalue weighted by Gasteiger charge is -2.23. The van der Waals surface area contributed by atoms with Crippen LogP contribution in [0.25, 0.3) is 27.6 Å². The highest BCUT2D eigenvalue weighted by Gasteiger charge is 2.33. The molecule has 32 heavy (non-hydrogen) atoms. The number of nitrogen functional groups attached to an aromatic ring is 1. The second kappa shape index (κ2) is 6.87. The highest BCUT2D eigenvalue weighted by Crippen LogP contribution is 2.39. The summed E-state index contributed by atoms with van der Waals surface area (Å²) < 4.78 is 46.3. The summed E-state index contributed by atoms with van der Waals surface area (Å²) in [7, 11) is 0. The Morgan fingerprint density at radius 1 is 1.25 bits per heavy atom. The van der Waals surface area contributed by atoms with Crippen molar-refractivity contribution in [3.8, 4) is 0 Å². The number of carboxylic acid groups (broad SMARTS) is 1. The topological polar surface area (TPSA) is 142 Å². The molecule has 9 nitrogen and oxygen atoms in total. The van der Waals surface area contributed by atoms with Crippen LogP contribution in [0.15, 0.2) is 23.0 Å². The minimum atomic E-state index is -1.63. The van der Waals surface area contributed by atoms with Gasteiger partial charge >= 0.3 is 5.97 Å². The fourth-order valence-electron chi connectivity index (χ4n) is 4.44. The maximum atomic E-state index is 16.0. The molecule has 2 aromatic carbocycles. The first kappa shape index (κ1) is 20.2. The molecule has 0 aliphatic carbocycles. The normalized spacial score (nSPS) is 16.5. The number of carbonyl (C=O) groups is 1.